The van der Waals surface area contributed by atoms with Crippen molar-refractivity contribution in [2.45, 2.75) is 46.2 Å². The number of hydrogen-bond acceptors (Lipinski definition) is 2. The zero-order chi connectivity index (χ0) is 13.7. The lowest BCUT2D eigenvalue weighted by Crippen LogP contribution is -2.43. The first-order valence-electron chi connectivity index (χ1n) is 6.60. The quantitative estimate of drug-likeness (QED) is 0.870. The lowest BCUT2D eigenvalue weighted by atomic mass is 10.0. The molecule has 0 heterocycles. The SMILES string of the molecule is CCCN(C(=O)C(N)c1ccc(C)cc1)C(C)C. The van der Waals surface area contributed by atoms with Gasteiger partial charge in [0, 0.05) is 12.6 Å². The van der Waals surface area contributed by atoms with Gasteiger partial charge in [-0.25, -0.2) is 0 Å². The van der Waals surface area contributed by atoms with Gasteiger partial charge in [-0.1, -0.05) is 36.8 Å². The Bertz CT molecular complexity index is 384. The summed E-state index contributed by atoms with van der Waals surface area (Å²) in [5.74, 6) is 0.00991. The summed E-state index contributed by atoms with van der Waals surface area (Å²) in [5, 5.41) is 0. The van der Waals surface area contributed by atoms with E-state index in [4.69, 9.17) is 5.73 Å². The van der Waals surface area contributed by atoms with Crippen molar-refractivity contribution in [1.82, 2.24) is 4.90 Å². The van der Waals surface area contributed by atoms with Crippen LogP contribution >= 0.6 is 0 Å². The summed E-state index contributed by atoms with van der Waals surface area (Å²) in [6, 6.07) is 7.47. The first kappa shape index (κ1) is 14.7. The largest absolute Gasteiger partial charge is 0.339 e. The summed E-state index contributed by atoms with van der Waals surface area (Å²) in [6.45, 7) is 8.90. The fourth-order valence-electron chi connectivity index (χ4n) is 1.96. The molecule has 1 atom stereocenters. The molecular weight excluding hydrogens is 224 g/mol. The second-order valence-electron chi connectivity index (χ2n) is 5.01. The molecule has 0 bridgehead atoms. The third kappa shape index (κ3) is 3.57. The number of nitrogens with zero attached hydrogens (tertiary/aromatic N) is 1. The van der Waals surface area contributed by atoms with E-state index in [0.717, 1.165) is 18.5 Å². The highest BCUT2D eigenvalue weighted by atomic mass is 16.2. The first-order valence-corrected chi connectivity index (χ1v) is 6.60. The Morgan fingerprint density at radius 1 is 1.28 bits per heavy atom. The predicted molar refractivity (Wildman–Crippen MR) is 75.2 cm³/mol. The normalized spacial score (nSPS) is 12.6. The maximum absolute atomic E-state index is 12.4. The van der Waals surface area contributed by atoms with E-state index in [-0.39, 0.29) is 11.9 Å². The van der Waals surface area contributed by atoms with Crippen LogP contribution in [0.4, 0.5) is 0 Å². The molecule has 0 fully saturated rings. The Morgan fingerprint density at radius 3 is 2.28 bits per heavy atom. The molecule has 0 aromatic heterocycles. The number of aryl methyl sites for hydroxylation is 1. The first-order chi connectivity index (χ1) is 8.47. The molecular formula is C15H24N2O. The van der Waals surface area contributed by atoms with Crippen molar-refractivity contribution in [3.05, 3.63) is 35.4 Å². The standard InChI is InChI=1S/C15H24N2O/c1-5-10-17(11(2)3)15(18)14(16)13-8-6-12(4)7-9-13/h6-9,11,14H,5,10,16H2,1-4H3. The minimum absolute atomic E-state index is 0.00991. The van der Waals surface area contributed by atoms with Crippen molar-refractivity contribution in [3.8, 4) is 0 Å². The smallest absolute Gasteiger partial charge is 0.244 e. The van der Waals surface area contributed by atoms with Gasteiger partial charge in [-0.15, -0.1) is 0 Å². The van der Waals surface area contributed by atoms with Gasteiger partial charge in [0.05, 0.1) is 0 Å². The molecule has 1 aromatic carbocycles. The lowest BCUT2D eigenvalue weighted by Gasteiger charge is -2.29. The summed E-state index contributed by atoms with van der Waals surface area (Å²) >= 11 is 0. The fourth-order valence-corrected chi connectivity index (χ4v) is 1.96. The lowest BCUT2D eigenvalue weighted by molar-refractivity contribution is -0.134. The molecule has 2 N–H and O–H groups in total. The van der Waals surface area contributed by atoms with Gasteiger partial charge in [0.25, 0.3) is 0 Å². The Kier molecular flexibility index (Phi) is 5.35. The van der Waals surface area contributed by atoms with Gasteiger partial charge in [-0.3, -0.25) is 4.79 Å². The van der Waals surface area contributed by atoms with E-state index < -0.39 is 6.04 Å². The van der Waals surface area contributed by atoms with Crippen molar-refractivity contribution in [1.29, 1.82) is 0 Å². The summed E-state index contributed by atoms with van der Waals surface area (Å²) in [5.41, 5.74) is 8.12. The second-order valence-corrected chi connectivity index (χ2v) is 5.01. The fraction of sp³-hybridized carbons (Fsp3) is 0.533. The summed E-state index contributed by atoms with van der Waals surface area (Å²) in [4.78, 5) is 14.2. The van der Waals surface area contributed by atoms with Crippen LogP contribution in [0.25, 0.3) is 0 Å². The minimum Gasteiger partial charge on any atom is -0.339 e. The molecule has 3 nitrogen and oxygen atoms in total. The van der Waals surface area contributed by atoms with Crippen LogP contribution in [0.15, 0.2) is 24.3 Å². The summed E-state index contributed by atoms with van der Waals surface area (Å²) in [6.07, 6.45) is 0.949. The maximum Gasteiger partial charge on any atom is 0.244 e. The molecule has 0 saturated heterocycles. The minimum atomic E-state index is -0.556. The van der Waals surface area contributed by atoms with Gasteiger partial charge in [0.2, 0.25) is 5.91 Å². The zero-order valence-electron chi connectivity index (χ0n) is 11.8. The van der Waals surface area contributed by atoms with Crippen molar-refractivity contribution in [2.75, 3.05) is 6.54 Å². The molecule has 1 amide bonds. The second kappa shape index (κ2) is 6.55. The highest BCUT2D eigenvalue weighted by molar-refractivity contribution is 5.83. The van der Waals surface area contributed by atoms with Gasteiger partial charge in [-0.05, 0) is 32.8 Å². The molecule has 1 rings (SSSR count). The van der Waals surface area contributed by atoms with Crippen LogP contribution in [0.3, 0.4) is 0 Å². The molecule has 18 heavy (non-hydrogen) atoms. The van der Waals surface area contributed by atoms with E-state index in [1.54, 1.807) is 0 Å². The highest BCUT2D eigenvalue weighted by Gasteiger charge is 2.23. The average molecular weight is 248 g/mol. The molecule has 1 aromatic rings. The van der Waals surface area contributed by atoms with Crippen LogP contribution in [-0.4, -0.2) is 23.4 Å². The van der Waals surface area contributed by atoms with E-state index in [1.165, 1.54) is 5.56 Å². The zero-order valence-corrected chi connectivity index (χ0v) is 11.8. The molecule has 0 saturated carbocycles. The van der Waals surface area contributed by atoms with Gasteiger partial charge < -0.3 is 10.6 Å². The predicted octanol–water partition coefficient (Wildman–Crippen LogP) is 2.64. The summed E-state index contributed by atoms with van der Waals surface area (Å²) < 4.78 is 0. The van der Waals surface area contributed by atoms with Gasteiger partial charge in [-0.2, -0.15) is 0 Å². The van der Waals surface area contributed by atoms with E-state index in [0.29, 0.717) is 0 Å². The molecule has 0 spiro atoms. The Hall–Kier alpha value is -1.35. The van der Waals surface area contributed by atoms with Crippen LogP contribution in [0.1, 0.15) is 44.4 Å². The van der Waals surface area contributed by atoms with Crippen LogP contribution in [0.5, 0.6) is 0 Å². The van der Waals surface area contributed by atoms with Crippen molar-refractivity contribution >= 4 is 5.91 Å². The molecule has 0 aliphatic heterocycles. The number of benzene rings is 1. The highest BCUT2D eigenvalue weighted by Crippen LogP contribution is 2.16. The van der Waals surface area contributed by atoms with Crippen LogP contribution < -0.4 is 5.73 Å². The maximum atomic E-state index is 12.4. The van der Waals surface area contributed by atoms with Gasteiger partial charge in [0.15, 0.2) is 0 Å². The third-order valence-electron chi connectivity index (χ3n) is 3.07. The average Bonchev–Trinajstić information content (AvgIpc) is 2.35. The number of rotatable bonds is 5. The van der Waals surface area contributed by atoms with Crippen molar-refractivity contribution in [3.63, 3.8) is 0 Å². The van der Waals surface area contributed by atoms with Crippen LogP contribution in [0.2, 0.25) is 0 Å². The van der Waals surface area contributed by atoms with E-state index >= 15 is 0 Å². The molecule has 0 aliphatic carbocycles. The monoisotopic (exact) mass is 248 g/mol. The number of amides is 1. The Labute approximate surface area is 110 Å². The summed E-state index contributed by atoms with van der Waals surface area (Å²) in [7, 11) is 0. The number of hydrogen-bond donors (Lipinski definition) is 1. The number of nitrogens with two attached hydrogens (primary N) is 1. The van der Waals surface area contributed by atoms with Gasteiger partial charge >= 0.3 is 0 Å². The van der Waals surface area contributed by atoms with Crippen LogP contribution in [-0.2, 0) is 4.79 Å². The topological polar surface area (TPSA) is 46.3 Å². The number of carbonyl (C=O) groups is 1. The Morgan fingerprint density at radius 2 is 1.83 bits per heavy atom. The van der Waals surface area contributed by atoms with E-state index in [9.17, 15) is 4.79 Å². The van der Waals surface area contributed by atoms with E-state index in [1.807, 2.05) is 49.9 Å². The van der Waals surface area contributed by atoms with E-state index in [2.05, 4.69) is 6.92 Å². The van der Waals surface area contributed by atoms with Crippen molar-refractivity contribution < 1.29 is 4.79 Å². The molecule has 100 valence electrons. The van der Waals surface area contributed by atoms with Gasteiger partial charge in [0.1, 0.15) is 6.04 Å². The Balaban J connectivity index is 2.84. The van der Waals surface area contributed by atoms with Crippen LogP contribution in [0, 0.1) is 6.92 Å². The molecule has 3 heteroatoms. The molecule has 0 radical (unpaired) electrons. The molecule has 0 aliphatic rings. The molecule has 1 unspecified atom stereocenters. The third-order valence-corrected chi connectivity index (χ3v) is 3.07. The number of carbonyl (C=O) groups excluding carboxylic acids is 1. The van der Waals surface area contributed by atoms with Crippen molar-refractivity contribution in [2.24, 2.45) is 5.73 Å².